The summed E-state index contributed by atoms with van der Waals surface area (Å²) in [6.07, 6.45) is 1.42. The molecule has 0 atom stereocenters. The van der Waals surface area contributed by atoms with Crippen molar-refractivity contribution in [1.29, 1.82) is 0 Å². The first-order valence-electron chi connectivity index (χ1n) is 4.12. The van der Waals surface area contributed by atoms with E-state index in [0.717, 1.165) is 5.82 Å². The molecule has 0 saturated carbocycles. The maximum Gasteiger partial charge on any atom is 0.407 e. The summed E-state index contributed by atoms with van der Waals surface area (Å²) in [6.45, 7) is 1.67. The second-order valence-electron chi connectivity index (χ2n) is 2.96. The second-order valence-corrected chi connectivity index (χ2v) is 2.96. The minimum absolute atomic E-state index is 0.508. The molecule has 1 aliphatic heterocycles. The summed E-state index contributed by atoms with van der Waals surface area (Å²) in [4.78, 5) is 12.1. The maximum atomic E-state index is 10.7. The molecule has 0 saturated heterocycles. The van der Waals surface area contributed by atoms with Crippen LogP contribution in [0.4, 0.5) is 4.79 Å². The van der Waals surface area contributed by atoms with Crippen molar-refractivity contribution in [3.63, 3.8) is 0 Å². The minimum Gasteiger partial charge on any atom is -0.465 e. The van der Waals surface area contributed by atoms with E-state index < -0.39 is 6.09 Å². The summed E-state index contributed by atoms with van der Waals surface area (Å²) in [5.41, 5.74) is 0. The van der Waals surface area contributed by atoms with E-state index >= 15 is 0 Å². The average Bonchev–Trinajstić information content (AvgIpc) is 2.44. The normalized spacial score (nSPS) is 16.5. The molecule has 1 aliphatic rings. The Balaban J connectivity index is 2.12. The summed E-state index contributed by atoms with van der Waals surface area (Å²) in [6, 6.07) is 0. The van der Waals surface area contributed by atoms with Crippen molar-refractivity contribution in [2.24, 2.45) is 0 Å². The monoisotopic (exact) mass is 182 g/mol. The number of rotatable bonds is 0. The quantitative estimate of drug-likeness (QED) is 0.603. The Bertz CT molecular complexity index is 300. The highest BCUT2D eigenvalue weighted by atomic mass is 16.4. The van der Waals surface area contributed by atoms with Gasteiger partial charge in [0.05, 0.1) is 0 Å². The lowest BCUT2D eigenvalue weighted by molar-refractivity contribution is 0.146. The van der Waals surface area contributed by atoms with Crippen molar-refractivity contribution in [1.82, 2.24) is 19.7 Å². The molecule has 0 spiro atoms. The van der Waals surface area contributed by atoms with Crippen molar-refractivity contribution in [3.05, 3.63) is 12.2 Å². The van der Waals surface area contributed by atoms with Crippen LogP contribution in [0.2, 0.25) is 0 Å². The van der Waals surface area contributed by atoms with Crippen LogP contribution in [0.15, 0.2) is 6.33 Å². The lowest BCUT2D eigenvalue weighted by Gasteiger charge is -2.14. The zero-order valence-corrected chi connectivity index (χ0v) is 7.05. The van der Waals surface area contributed by atoms with Gasteiger partial charge in [-0.25, -0.2) is 4.79 Å². The molecule has 0 unspecified atom stereocenters. The number of amides is 1. The standard InChI is InChI=1S/C7H10N4O2/c12-7(13)10-2-1-6-9-8-5-11(6)4-3-10/h5H,1-4H2,(H,12,13). The van der Waals surface area contributed by atoms with E-state index in [1.54, 1.807) is 6.33 Å². The van der Waals surface area contributed by atoms with E-state index in [1.807, 2.05) is 4.57 Å². The Kier molecular flexibility index (Phi) is 1.88. The van der Waals surface area contributed by atoms with Gasteiger partial charge in [0.1, 0.15) is 12.2 Å². The fourth-order valence-electron chi connectivity index (χ4n) is 1.43. The fraction of sp³-hybridized carbons (Fsp3) is 0.571. The Morgan fingerprint density at radius 1 is 1.46 bits per heavy atom. The molecule has 0 aromatic carbocycles. The Labute approximate surface area is 74.8 Å². The van der Waals surface area contributed by atoms with Crippen molar-refractivity contribution in [3.8, 4) is 0 Å². The van der Waals surface area contributed by atoms with Crippen LogP contribution in [-0.2, 0) is 13.0 Å². The van der Waals surface area contributed by atoms with Gasteiger partial charge in [-0.05, 0) is 0 Å². The van der Waals surface area contributed by atoms with E-state index in [9.17, 15) is 4.79 Å². The van der Waals surface area contributed by atoms with Gasteiger partial charge in [0.25, 0.3) is 0 Å². The molecule has 13 heavy (non-hydrogen) atoms. The molecule has 0 aliphatic carbocycles. The number of carbonyl (C=O) groups is 1. The van der Waals surface area contributed by atoms with Crippen molar-refractivity contribution < 1.29 is 9.90 Å². The van der Waals surface area contributed by atoms with Gasteiger partial charge in [-0.3, -0.25) is 0 Å². The predicted octanol–water partition coefficient (Wildman–Crippen LogP) is -0.186. The molecule has 2 rings (SSSR count). The third-order valence-electron chi connectivity index (χ3n) is 2.18. The van der Waals surface area contributed by atoms with Gasteiger partial charge in [0, 0.05) is 26.1 Å². The van der Waals surface area contributed by atoms with Gasteiger partial charge in [0.15, 0.2) is 0 Å². The number of nitrogens with zero attached hydrogens (tertiary/aromatic N) is 4. The van der Waals surface area contributed by atoms with Gasteiger partial charge >= 0.3 is 6.09 Å². The van der Waals surface area contributed by atoms with Gasteiger partial charge in [-0.1, -0.05) is 0 Å². The van der Waals surface area contributed by atoms with Crippen molar-refractivity contribution >= 4 is 6.09 Å². The molecule has 1 aromatic rings. The topological polar surface area (TPSA) is 71.2 Å². The average molecular weight is 182 g/mol. The van der Waals surface area contributed by atoms with Crippen LogP contribution in [-0.4, -0.2) is 44.0 Å². The van der Waals surface area contributed by atoms with Gasteiger partial charge < -0.3 is 14.6 Å². The molecule has 6 nitrogen and oxygen atoms in total. The largest absolute Gasteiger partial charge is 0.465 e. The second kappa shape index (κ2) is 3.04. The molecule has 0 radical (unpaired) electrons. The van der Waals surface area contributed by atoms with Crippen molar-refractivity contribution in [2.45, 2.75) is 13.0 Å². The van der Waals surface area contributed by atoms with E-state index in [4.69, 9.17) is 5.11 Å². The summed E-state index contributed by atoms with van der Waals surface area (Å²) in [5, 5.41) is 16.4. The maximum absolute atomic E-state index is 10.7. The molecule has 0 fully saturated rings. The molecule has 1 amide bonds. The third-order valence-corrected chi connectivity index (χ3v) is 2.18. The van der Waals surface area contributed by atoms with Crippen LogP contribution in [0, 0.1) is 0 Å². The highest BCUT2D eigenvalue weighted by Gasteiger charge is 2.17. The molecule has 70 valence electrons. The Morgan fingerprint density at radius 2 is 2.31 bits per heavy atom. The molecule has 1 N–H and O–H groups in total. The van der Waals surface area contributed by atoms with E-state index in [2.05, 4.69) is 10.2 Å². The fourth-order valence-corrected chi connectivity index (χ4v) is 1.43. The van der Waals surface area contributed by atoms with E-state index in [0.29, 0.717) is 26.1 Å². The smallest absolute Gasteiger partial charge is 0.407 e. The van der Waals surface area contributed by atoms with Gasteiger partial charge in [0.2, 0.25) is 0 Å². The summed E-state index contributed by atoms with van der Waals surface area (Å²) < 4.78 is 1.89. The molecular formula is C7H10N4O2. The first-order chi connectivity index (χ1) is 6.27. The lowest BCUT2D eigenvalue weighted by Crippen LogP contribution is -2.32. The highest BCUT2D eigenvalue weighted by Crippen LogP contribution is 2.05. The SMILES string of the molecule is O=C(O)N1CCc2nncn2CC1. The number of hydrogen-bond donors (Lipinski definition) is 1. The van der Waals surface area contributed by atoms with Crippen LogP contribution in [0.5, 0.6) is 0 Å². The van der Waals surface area contributed by atoms with E-state index in [1.165, 1.54) is 4.90 Å². The van der Waals surface area contributed by atoms with Crippen molar-refractivity contribution in [2.75, 3.05) is 13.1 Å². The summed E-state index contributed by atoms with van der Waals surface area (Å²) in [7, 11) is 0. The minimum atomic E-state index is -0.862. The molecule has 0 bridgehead atoms. The Morgan fingerprint density at radius 3 is 3.08 bits per heavy atom. The van der Waals surface area contributed by atoms with Crippen LogP contribution in [0.1, 0.15) is 5.82 Å². The summed E-state index contributed by atoms with van der Waals surface area (Å²) in [5.74, 6) is 0.865. The number of carboxylic acid groups (broad SMARTS) is 1. The predicted molar refractivity (Wildman–Crippen MR) is 43.3 cm³/mol. The lowest BCUT2D eigenvalue weighted by atomic mass is 10.4. The number of hydrogen-bond acceptors (Lipinski definition) is 3. The molecule has 1 aromatic heterocycles. The first kappa shape index (κ1) is 8.03. The number of aromatic nitrogens is 3. The Hall–Kier alpha value is -1.59. The van der Waals surface area contributed by atoms with Gasteiger partial charge in [-0.2, -0.15) is 0 Å². The zero-order valence-electron chi connectivity index (χ0n) is 7.05. The summed E-state index contributed by atoms with van der Waals surface area (Å²) >= 11 is 0. The first-order valence-corrected chi connectivity index (χ1v) is 4.12. The molecule has 2 heterocycles. The third kappa shape index (κ3) is 1.47. The molecule has 6 heteroatoms. The zero-order chi connectivity index (χ0) is 9.26. The highest BCUT2D eigenvalue weighted by molar-refractivity contribution is 5.64. The van der Waals surface area contributed by atoms with Gasteiger partial charge in [-0.15, -0.1) is 10.2 Å². The van der Waals surface area contributed by atoms with Crippen LogP contribution in [0.25, 0.3) is 0 Å². The van der Waals surface area contributed by atoms with E-state index in [-0.39, 0.29) is 0 Å². The van der Waals surface area contributed by atoms with Crippen LogP contribution in [0.3, 0.4) is 0 Å². The van der Waals surface area contributed by atoms with Crippen LogP contribution >= 0.6 is 0 Å². The number of fused-ring (bicyclic) bond motifs is 1. The molecular weight excluding hydrogens is 172 g/mol. The van der Waals surface area contributed by atoms with Crippen LogP contribution < -0.4 is 0 Å².